The van der Waals surface area contributed by atoms with E-state index in [0.717, 1.165) is 27.8 Å². The van der Waals surface area contributed by atoms with Crippen LogP contribution in [0.2, 0.25) is 5.02 Å². The summed E-state index contributed by atoms with van der Waals surface area (Å²) in [5.41, 5.74) is 5.00. The third kappa shape index (κ3) is 3.82. The molecule has 0 unspecified atom stereocenters. The summed E-state index contributed by atoms with van der Waals surface area (Å²) in [5, 5.41) is 10.2. The molecule has 4 aromatic rings. The Morgan fingerprint density at radius 1 is 0.897 bits per heavy atom. The normalized spacial score (nSPS) is 11.6. The number of halogens is 1. The zero-order valence-corrected chi connectivity index (χ0v) is 17.0. The van der Waals surface area contributed by atoms with Crippen LogP contribution in [-0.4, -0.2) is 13.6 Å². The summed E-state index contributed by atoms with van der Waals surface area (Å²) in [6.07, 6.45) is 0. The molecule has 7 heteroatoms. The lowest BCUT2D eigenvalue weighted by Crippen LogP contribution is -2.11. The van der Waals surface area contributed by atoms with Gasteiger partial charge in [0.1, 0.15) is 5.69 Å². The molecular formula is C22H17ClN2O3S. The van der Waals surface area contributed by atoms with Crippen molar-refractivity contribution in [2.75, 3.05) is 0 Å². The third-order valence-electron chi connectivity index (χ3n) is 4.67. The van der Waals surface area contributed by atoms with E-state index < -0.39 is 10.0 Å². The average Bonchev–Trinajstić information content (AvgIpc) is 3.13. The highest BCUT2D eigenvalue weighted by atomic mass is 35.5. The van der Waals surface area contributed by atoms with Crippen molar-refractivity contribution in [2.45, 2.75) is 11.8 Å². The molecule has 0 amide bonds. The first kappa shape index (κ1) is 19.4. The van der Waals surface area contributed by atoms with E-state index in [2.05, 4.69) is 5.16 Å². The zero-order chi connectivity index (χ0) is 20.6. The highest BCUT2D eigenvalue weighted by Crippen LogP contribution is 2.41. The van der Waals surface area contributed by atoms with Crippen LogP contribution < -0.4 is 5.14 Å². The molecule has 0 aliphatic heterocycles. The predicted molar refractivity (Wildman–Crippen MR) is 114 cm³/mol. The van der Waals surface area contributed by atoms with Crippen LogP contribution in [0.3, 0.4) is 0 Å². The van der Waals surface area contributed by atoms with Crippen LogP contribution in [0.15, 0.2) is 82.2 Å². The first-order valence-corrected chi connectivity index (χ1v) is 10.7. The van der Waals surface area contributed by atoms with E-state index in [1.807, 2.05) is 43.3 Å². The Hall–Kier alpha value is -2.93. The number of nitrogens with zero attached hydrogens (tertiary/aromatic N) is 1. The lowest BCUT2D eigenvalue weighted by molar-refractivity contribution is 0.435. The molecule has 0 saturated heterocycles. The maximum atomic E-state index is 11.6. The van der Waals surface area contributed by atoms with Gasteiger partial charge in [-0.2, -0.15) is 0 Å². The highest BCUT2D eigenvalue weighted by Gasteiger charge is 2.22. The van der Waals surface area contributed by atoms with Gasteiger partial charge < -0.3 is 4.52 Å². The molecule has 0 spiro atoms. The van der Waals surface area contributed by atoms with E-state index >= 15 is 0 Å². The number of aryl methyl sites for hydroxylation is 1. The van der Waals surface area contributed by atoms with Crippen molar-refractivity contribution in [2.24, 2.45) is 5.14 Å². The fraction of sp³-hybridized carbons (Fsp3) is 0.0455. The van der Waals surface area contributed by atoms with Crippen molar-refractivity contribution in [1.82, 2.24) is 5.16 Å². The van der Waals surface area contributed by atoms with Crippen LogP contribution in [0.25, 0.3) is 33.7 Å². The van der Waals surface area contributed by atoms with Crippen LogP contribution >= 0.6 is 11.6 Å². The number of benzene rings is 3. The van der Waals surface area contributed by atoms with Gasteiger partial charge in [0.15, 0.2) is 5.76 Å². The molecule has 2 N–H and O–H groups in total. The molecule has 0 aliphatic rings. The largest absolute Gasteiger partial charge is 0.355 e. The molecule has 0 atom stereocenters. The summed E-state index contributed by atoms with van der Waals surface area (Å²) in [7, 11) is -3.78. The molecule has 0 aliphatic carbocycles. The highest BCUT2D eigenvalue weighted by molar-refractivity contribution is 7.89. The molecule has 0 bridgehead atoms. The number of aromatic nitrogens is 1. The summed E-state index contributed by atoms with van der Waals surface area (Å²) in [4.78, 5) is 0.0446. The van der Waals surface area contributed by atoms with Gasteiger partial charge in [-0.05, 0) is 54.4 Å². The van der Waals surface area contributed by atoms with Gasteiger partial charge in [0, 0.05) is 16.1 Å². The molecule has 4 rings (SSSR count). The van der Waals surface area contributed by atoms with E-state index in [9.17, 15) is 8.42 Å². The first-order valence-electron chi connectivity index (χ1n) is 8.79. The van der Waals surface area contributed by atoms with E-state index in [-0.39, 0.29) is 4.90 Å². The van der Waals surface area contributed by atoms with Gasteiger partial charge in [-0.15, -0.1) is 0 Å². The Balaban J connectivity index is 1.95. The van der Waals surface area contributed by atoms with Gasteiger partial charge in [-0.1, -0.05) is 53.2 Å². The summed E-state index contributed by atoms with van der Waals surface area (Å²) in [6.45, 7) is 2.00. The number of hydrogen-bond donors (Lipinski definition) is 1. The number of nitrogens with two attached hydrogens (primary N) is 1. The topological polar surface area (TPSA) is 86.2 Å². The smallest absolute Gasteiger partial charge is 0.238 e. The molecule has 1 heterocycles. The molecule has 1 aromatic heterocycles. The van der Waals surface area contributed by atoms with Crippen LogP contribution in [0.4, 0.5) is 0 Å². The van der Waals surface area contributed by atoms with Crippen LogP contribution in [0, 0.1) is 6.92 Å². The van der Waals surface area contributed by atoms with E-state index in [1.165, 1.54) is 12.1 Å². The molecular weight excluding hydrogens is 408 g/mol. The lowest BCUT2D eigenvalue weighted by Gasteiger charge is -2.08. The molecule has 3 aromatic carbocycles. The molecule has 0 fully saturated rings. The number of sulfonamides is 1. The van der Waals surface area contributed by atoms with Gasteiger partial charge in [0.05, 0.1) is 10.5 Å². The maximum absolute atomic E-state index is 11.6. The Labute approximate surface area is 173 Å². The van der Waals surface area contributed by atoms with Crippen molar-refractivity contribution in [3.05, 3.63) is 83.4 Å². The Kier molecular flexibility index (Phi) is 5.00. The van der Waals surface area contributed by atoms with Gasteiger partial charge >= 0.3 is 0 Å². The maximum Gasteiger partial charge on any atom is 0.238 e. The van der Waals surface area contributed by atoms with Crippen molar-refractivity contribution < 1.29 is 12.9 Å². The standard InChI is InChI=1S/C22H17ClN2O3S/c1-14-4-2-3-5-19(14)21-20(15-8-12-18(13-9-15)29(24,26)27)22(28-25-21)16-6-10-17(23)11-7-16/h2-13H,1H3,(H2,24,26,27). The fourth-order valence-electron chi connectivity index (χ4n) is 3.19. The minimum absolute atomic E-state index is 0.0446. The minimum Gasteiger partial charge on any atom is -0.355 e. The van der Waals surface area contributed by atoms with Crippen LogP contribution in [-0.2, 0) is 10.0 Å². The summed E-state index contributed by atoms with van der Waals surface area (Å²) >= 11 is 6.02. The minimum atomic E-state index is -3.78. The van der Waals surface area contributed by atoms with E-state index in [1.54, 1.807) is 24.3 Å². The molecule has 146 valence electrons. The third-order valence-corrected chi connectivity index (χ3v) is 5.85. The monoisotopic (exact) mass is 424 g/mol. The number of hydrogen-bond acceptors (Lipinski definition) is 4. The van der Waals surface area contributed by atoms with Gasteiger partial charge in [0.2, 0.25) is 10.0 Å². The molecule has 0 radical (unpaired) electrons. The Bertz CT molecular complexity index is 1280. The van der Waals surface area contributed by atoms with Crippen molar-refractivity contribution in [1.29, 1.82) is 0 Å². The molecule has 5 nitrogen and oxygen atoms in total. The van der Waals surface area contributed by atoms with Crippen molar-refractivity contribution >= 4 is 21.6 Å². The van der Waals surface area contributed by atoms with Crippen molar-refractivity contribution in [3.8, 4) is 33.7 Å². The van der Waals surface area contributed by atoms with Gasteiger partial charge in [-0.25, -0.2) is 13.6 Å². The lowest BCUT2D eigenvalue weighted by atomic mass is 9.94. The summed E-state index contributed by atoms with van der Waals surface area (Å²) in [6, 6.07) is 21.5. The molecule has 0 saturated carbocycles. The van der Waals surface area contributed by atoms with Crippen LogP contribution in [0.5, 0.6) is 0 Å². The van der Waals surface area contributed by atoms with E-state index in [0.29, 0.717) is 16.5 Å². The summed E-state index contributed by atoms with van der Waals surface area (Å²) in [5.74, 6) is 0.572. The Morgan fingerprint density at radius 2 is 1.52 bits per heavy atom. The first-order chi connectivity index (χ1) is 13.8. The Morgan fingerprint density at radius 3 is 2.14 bits per heavy atom. The fourth-order valence-corrected chi connectivity index (χ4v) is 3.83. The van der Waals surface area contributed by atoms with Gasteiger partial charge in [0.25, 0.3) is 0 Å². The summed E-state index contributed by atoms with van der Waals surface area (Å²) < 4.78 is 29.0. The predicted octanol–water partition coefficient (Wildman–Crippen LogP) is 5.28. The van der Waals surface area contributed by atoms with Gasteiger partial charge in [-0.3, -0.25) is 0 Å². The van der Waals surface area contributed by atoms with Crippen molar-refractivity contribution in [3.63, 3.8) is 0 Å². The number of primary sulfonamides is 1. The number of rotatable bonds is 4. The second-order valence-corrected chi connectivity index (χ2v) is 8.62. The second kappa shape index (κ2) is 7.48. The zero-order valence-electron chi connectivity index (χ0n) is 15.5. The van der Waals surface area contributed by atoms with Crippen LogP contribution in [0.1, 0.15) is 5.56 Å². The SMILES string of the molecule is Cc1ccccc1-c1noc(-c2ccc(Cl)cc2)c1-c1ccc(S(N)(=O)=O)cc1. The second-order valence-electron chi connectivity index (χ2n) is 6.63. The van der Waals surface area contributed by atoms with E-state index in [4.69, 9.17) is 21.3 Å². The average molecular weight is 425 g/mol. The quantitative estimate of drug-likeness (QED) is 0.482. The molecule has 29 heavy (non-hydrogen) atoms.